The Balaban J connectivity index is 4.41. The van der Waals surface area contributed by atoms with Crippen LogP contribution in [0.5, 0.6) is 0 Å². The molecule has 0 spiro atoms. The molecule has 0 aliphatic heterocycles. The quantitative estimate of drug-likeness (QED) is 0.777. The normalized spacial score (nSPS) is 15.3. The molecule has 13 heavy (non-hydrogen) atoms. The van der Waals surface area contributed by atoms with Gasteiger partial charge in [0.1, 0.15) is 0 Å². The first-order valence-corrected chi connectivity index (χ1v) is 6.33. The second-order valence-electron chi connectivity index (χ2n) is 2.93. The van der Waals surface area contributed by atoms with Gasteiger partial charge in [-0.3, -0.25) is 0 Å². The summed E-state index contributed by atoms with van der Waals surface area (Å²) < 4.78 is 47.2. The Labute approximate surface area is 85.1 Å². The van der Waals surface area contributed by atoms with Crippen LogP contribution in [0.4, 0.5) is 8.78 Å². The van der Waals surface area contributed by atoms with E-state index in [1.54, 1.807) is 13.8 Å². The molecule has 0 aliphatic carbocycles. The van der Waals surface area contributed by atoms with Gasteiger partial charge in [-0.15, -0.1) is 0 Å². The van der Waals surface area contributed by atoms with E-state index in [9.17, 15) is 17.2 Å². The molecular weight excluding hydrogens is 268 g/mol. The van der Waals surface area contributed by atoms with E-state index in [1.807, 2.05) is 4.72 Å². The second-order valence-corrected chi connectivity index (χ2v) is 5.26. The van der Waals surface area contributed by atoms with Gasteiger partial charge in [-0.25, -0.2) is 13.1 Å². The van der Waals surface area contributed by atoms with Crippen LogP contribution in [0.2, 0.25) is 0 Å². The topological polar surface area (TPSA) is 46.2 Å². The molecule has 3 nitrogen and oxygen atoms in total. The maximum Gasteiger partial charge on any atom is 0.350 e. The number of sulfonamides is 1. The first kappa shape index (κ1) is 13.2. The van der Waals surface area contributed by atoms with Crippen LogP contribution in [0.3, 0.4) is 0 Å². The molecule has 1 atom stereocenters. The van der Waals surface area contributed by atoms with Crippen LogP contribution >= 0.6 is 15.9 Å². The highest BCUT2D eigenvalue weighted by Crippen LogP contribution is 2.10. The van der Waals surface area contributed by atoms with Crippen LogP contribution in [0.15, 0.2) is 0 Å². The molecule has 0 aromatic rings. The number of alkyl halides is 3. The molecule has 0 bridgehead atoms. The Bertz CT molecular complexity index is 243. The zero-order valence-corrected chi connectivity index (χ0v) is 9.70. The van der Waals surface area contributed by atoms with Crippen molar-refractivity contribution in [3.8, 4) is 0 Å². The van der Waals surface area contributed by atoms with Crippen molar-refractivity contribution in [1.29, 1.82) is 0 Å². The van der Waals surface area contributed by atoms with Gasteiger partial charge in [-0.2, -0.15) is 8.78 Å². The molecule has 0 aromatic heterocycles. The summed E-state index contributed by atoms with van der Waals surface area (Å²) >= 11 is 3.05. The predicted octanol–water partition coefficient (Wildman–Crippen LogP) is 1.55. The van der Waals surface area contributed by atoms with Crippen LogP contribution in [0.25, 0.3) is 0 Å². The van der Waals surface area contributed by atoms with E-state index in [0.717, 1.165) is 0 Å². The Morgan fingerprint density at radius 1 is 1.38 bits per heavy atom. The van der Waals surface area contributed by atoms with Gasteiger partial charge in [0.25, 0.3) is 10.0 Å². The van der Waals surface area contributed by atoms with Gasteiger partial charge >= 0.3 is 5.76 Å². The zero-order valence-electron chi connectivity index (χ0n) is 7.30. The lowest BCUT2D eigenvalue weighted by molar-refractivity contribution is 0.230. The number of hydrogen-bond acceptors (Lipinski definition) is 2. The summed E-state index contributed by atoms with van der Waals surface area (Å²) in [5, 5.41) is 0.316. The number of hydrogen-bond donors (Lipinski definition) is 1. The van der Waals surface area contributed by atoms with Gasteiger partial charge < -0.3 is 0 Å². The summed E-state index contributed by atoms with van der Waals surface area (Å²) in [5.74, 6) is -3.40. The van der Waals surface area contributed by atoms with E-state index in [1.165, 1.54) is 0 Å². The molecule has 7 heteroatoms. The van der Waals surface area contributed by atoms with E-state index in [-0.39, 0.29) is 5.92 Å². The van der Waals surface area contributed by atoms with E-state index in [0.29, 0.717) is 5.33 Å². The molecule has 0 amide bonds. The van der Waals surface area contributed by atoms with Crippen molar-refractivity contribution in [2.75, 3.05) is 5.33 Å². The molecule has 0 heterocycles. The maximum atomic E-state index is 11.9. The molecule has 0 aliphatic rings. The average molecular weight is 280 g/mol. The highest BCUT2D eigenvalue weighted by Gasteiger charge is 2.27. The Morgan fingerprint density at radius 3 is 2.08 bits per heavy atom. The van der Waals surface area contributed by atoms with Gasteiger partial charge in [-0.05, 0) is 5.92 Å². The largest absolute Gasteiger partial charge is 0.350 e. The van der Waals surface area contributed by atoms with Crippen molar-refractivity contribution < 1.29 is 17.2 Å². The molecule has 1 unspecified atom stereocenters. The summed E-state index contributed by atoms with van der Waals surface area (Å²) in [6.45, 7) is 3.50. The number of halogens is 3. The maximum absolute atomic E-state index is 11.9. The first-order chi connectivity index (χ1) is 5.81. The van der Waals surface area contributed by atoms with Gasteiger partial charge in [0.15, 0.2) is 0 Å². The highest BCUT2D eigenvalue weighted by molar-refractivity contribution is 9.09. The zero-order chi connectivity index (χ0) is 10.6. The number of nitrogens with one attached hydrogen (secondary N) is 1. The van der Waals surface area contributed by atoms with Crippen molar-refractivity contribution in [3.05, 3.63) is 0 Å². The fourth-order valence-electron chi connectivity index (χ4n) is 0.608. The molecule has 1 N–H and O–H groups in total. The summed E-state index contributed by atoms with van der Waals surface area (Å²) in [7, 11) is -4.47. The predicted molar refractivity (Wildman–Crippen MR) is 50.5 cm³/mol. The summed E-state index contributed by atoms with van der Waals surface area (Å²) in [6.07, 6.45) is 0. The molecular formula is C6H12BrF2NO2S. The minimum Gasteiger partial charge on any atom is -0.206 e. The lowest BCUT2D eigenvalue weighted by Gasteiger charge is -2.19. The highest BCUT2D eigenvalue weighted by atomic mass is 79.9. The summed E-state index contributed by atoms with van der Waals surface area (Å²) in [5.41, 5.74) is 0. The molecule has 0 radical (unpaired) electrons. The van der Waals surface area contributed by atoms with Crippen LogP contribution < -0.4 is 4.72 Å². The Hall–Kier alpha value is 0.250. The third-order valence-electron chi connectivity index (χ3n) is 1.52. The Morgan fingerprint density at radius 2 is 1.85 bits per heavy atom. The van der Waals surface area contributed by atoms with Crippen molar-refractivity contribution in [2.24, 2.45) is 5.92 Å². The van der Waals surface area contributed by atoms with E-state index < -0.39 is 21.8 Å². The van der Waals surface area contributed by atoms with E-state index >= 15 is 0 Å². The molecule has 0 rings (SSSR count). The van der Waals surface area contributed by atoms with Crippen LogP contribution in [0.1, 0.15) is 13.8 Å². The monoisotopic (exact) mass is 279 g/mol. The first-order valence-electron chi connectivity index (χ1n) is 3.66. The standard InChI is InChI=1S/C6H12BrF2NO2S/c1-4(2)5(3-7)10-13(11,12)6(8)9/h4-6,10H,3H2,1-2H3. The van der Waals surface area contributed by atoms with Gasteiger partial charge in [0, 0.05) is 11.4 Å². The third-order valence-corrected chi connectivity index (χ3v) is 3.32. The van der Waals surface area contributed by atoms with Crippen molar-refractivity contribution in [3.63, 3.8) is 0 Å². The van der Waals surface area contributed by atoms with Crippen LogP contribution in [-0.2, 0) is 10.0 Å². The second kappa shape index (κ2) is 5.21. The van der Waals surface area contributed by atoms with Crippen LogP contribution in [-0.4, -0.2) is 25.5 Å². The van der Waals surface area contributed by atoms with Crippen molar-refractivity contribution in [1.82, 2.24) is 4.72 Å². The van der Waals surface area contributed by atoms with Crippen molar-refractivity contribution in [2.45, 2.75) is 25.6 Å². The van der Waals surface area contributed by atoms with Gasteiger partial charge in [-0.1, -0.05) is 29.8 Å². The minimum absolute atomic E-state index is 0.0344. The van der Waals surface area contributed by atoms with Crippen molar-refractivity contribution >= 4 is 26.0 Å². The molecule has 80 valence electrons. The SMILES string of the molecule is CC(C)C(CBr)NS(=O)(=O)C(F)F. The van der Waals surface area contributed by atoms with Gasteiger partial charge in [0.05, 0.1) is 0 Å². The summed E-state index contributed by atoms with van der Waals surface area (Å²) in [4.78, 5) is 0. The van der Waals surface area contributed by atoms with E-state index in [4.69, 9.17) is 0 Å². The molecule has 0 aromatic carbocycles. The fraction of sp³-hybridized carbons (Fsp3) is 1.00. The molecule has 0 saturated heterocycles. The Kier molecular flexibility index (Phi) is 5.31. The summed E-state index contributed by atoms with van der Waals surface area (Å²) in [6, 6.07) is -0.501. The average Bonchev–Trinajstić information content (AvgIpc) is 1.99. The smallest absolute Gasteiger partial charge is 0.206 e. The lowest BCUT2D eigenvalue weighted by Crippen LogP contribution is -2.42. The third kappa shape index (κ3) is 4.33. The number of rotatable bonds is 5. The molecule has 0 fully saturated rings. The van der Waals surface area contributed by atoms with Gasteiger partial charge in [0.2, 0.25) is 0 Å². The molecule has 0 saturated carbocycles. The van der Waals surface area contributed by atoms with E-state index in [2.05, 4.69) is 15.9 Å². The minimum atomic E-state index is -4.47. The lowest BCUT2D eigenvalue weighted by atomic mass is 10.1. The fourth-order valence-corrected chi connectivity index (χ4v) is 2.61. The van der Waals surface area contributed by atoms with Crippen LogP contribution in [0, 0.1) is 5.92 Å².